The zero-order valence-electron chi connectivity index (χ0n) is 6.75. The van der Waals surface area contributed by atoms with Crippen LogP contribution < -0.4 is 5.84 Å². The van der Waals surface area contributed by atoms with Gasteiger partial charge in [-0.3, -0.25) is 9.79 Å². The van der Waals surface area contributed by atoms with Crippen LogP contribution in [-0.2, 0) is 4.79 Å². The highest BCUT2D eigenvalue weighted by Crippen LogP contribution is 2.18. The quantitative estimate of drug-likeness (QED) is 0.435. The minimum Gasteiger partial charge on any atom is -0.322 e. The number of rotatable bonds is 2. The second-order valence-electron chi connectivity index (χ2n) is 2.74. The van der Waals surface area contributed by atoms with Gasteiger partial charge >= 0.3 is 0 Å². The van der Waals surface area contributed by atoms with Gasteiger partial charge in [-0.25, -0.2) is 0 Å². The minimum absolute atomic E-state index is 0.145. The summed E-state index contributed by atoms with van der Waals surface area (Å²) < 4.78 is 0.543. The van der Waals surface area contributed by atoms with Gasteiger partial charge in [0.05, 0.1) is 11.8 Å². The van der Waals surface area contributed by atoms with Crippen molar-refractivity contribution in [2.45, 2.75) is 25.8 Å². The van der Waals surface area contributed by atoms with Crippen LogP contribution >= 0.6 is 15.9 Å². The van der Waals surface area contributed by atoms with E-state index in [2.05, 4.69) is 26.0 Å². The van der Waals surface area contributed by atoms with Crippen LogP contribution in [0.5, 0.6) is 0 Å². The molecule has 1 fully saturated rings. The Hall–Kier alpha value is -0.710. The molecule has 0 aromatic heterocycles. The van der Waals surface area contributed by atoms with Gasteiger partial charge in [-0.15, -0.1) is 0 Å². The predicted octanol–water partition coefficient (Wildman–Crippen LogP) is 0.846. The van der Waals surface area contributed by atoms with Crippen LogP contribution in [0.25, 0.3) is 0 Å². The molecular formula is C7H10BrN3O. The maximum atomic E-state index is 10.6. The molecule has 0 aromatic rings. The summed E-state index contributed by atoms with van der Waals surface area (Å²) in [5.41, 5.74) is 0.745. The molecule has 0 radical (unpaired) electrons. The maximum Gasteiger partial charge on any atom is 0.146 e. The molecule has 1 aliphatic carbocycles. The lowest BCUT2D eigenvalue weighted by atomic mass is 9.92. The lowest BCUT2D eigenvalue weighted by molar-refractivity contribution is -0.124. The standard InChI is InChI=1S/C7H10BrN3O/c1-4(7(8)11-9)10-5-2-6(12)3-5/h5H,2-3,9H2,1H3/b10-4?,11-7+. The largest absolute Gasteiger partial charge is 0.322 e. The number of halogens is 1. The fourth-order valence-electron chi connectivity index (χ4n) is 0.978. The van der Waals surface area contributed by atoms with Gasteiger partial charge in [0.15, 0.2) is 0 Å². The molecule has 0 amide bonds. The number of aliphatic imine (C=N–C) groups is 1. The number of hydrogen-bond donors (Lipinski definition) is 1. The molecule has 4 nitrogen and oxygen atoms in total. The number of carbonyl (C=O) groups excluding carboxylic acids is 1. The van der Waals surface area contributed by atoms with Gasteiger partial charge < -0.3 is 5.84 Å². The van der Waals surface area contributed by atoms with E-state index in [9.17, 15) is 4.79 Å². The predicted molar refractivity (Wildman–Crippen MR) is 51.7 cm³/mol. The van der Waals surface area contributed by atoms with Gasteiger partial charge in [-0.2, -0.15) is 5.10 Å². The molecule has 0 bridgehead atoms. The summed E-state index contributed by atoms with van der Waals surface area (Å²) in [6.07, 6.45) is 1.12. The first kappa shape index (κ1) is 9.38. The van der Waals surface area contributed by atoms with Crippen LogP contribution in [-0.4, -0.2) is 22.2 Å². The Labute approximate surface area is 79.1 Å². The van der Waals surface area contributed by atoms with Crippen LogP contribution in [0.3, 0.4) is 0 Å². The Kier molecular flexibility index (Phi) is 2.97. The van der Waals surface area contributed by atoms with Gasteiger partial charge in [-0.05, 0) is 22.9 Å². The van der Waals surface area contributed by atoms with Gasteiger partial charge in [0, 0.05) is 12.8 Å². The van der Waals surface area contributed by atoms with Crippen molar-refractivity contribution in [3.05, 3.63) is 0 Å². The van der Waals surface area contributed by atoms with Crippen molar-refractivity contribution in [3.63, 3.8) is 0 Å². The minimum atomic E-state index is 0.145. The van der Waals surface area contributed by atoms with Crippen molar-refractivity contribution in [1.29, 1.82) is 0 Å². The molecule has 66 valence electrons. The zero-order valence-corrected chi connectivity index (χ0v) is 8.34. The van der Waals surface area contributed by atoms with Crippen molar-refractivity contribution in [1.82, 2.24) is 0 Å². The Balaban J connectivity index is 2.52. The van der Waals surface area contributed by atoms with Crippen LogP contribution in [0.2, 0.25) is 0 Å². The third-order valence-electron chi connectivity index (χ3n) is 1.71. The van der Waals surface area contributed by atoms with Crippen molar-refractivity contribution in [2.75, 3.05) is 0 Å². The highest BCUT2D eigenvalue weighted by molar-refractivity contribution is 9.19. The zero-order chi connectivity index (χ0) is 9.14. The summed E-state index contributed by atoms with van der Waals surface area (Å²) in [5.74, 6) is 5.30. The normalized spacial score (nSPS) is 21.0. The van der Waals surface area contributed by atoms with Crippen LogP contribution in [0, 0.1) is 0 Å². The lowest BCUT2D eigenvalue weighted by Gasteiger charge is -2.20. The van der Waals surface area contributed by atoms with Crippen molar-refractivity contribution in [3.8, 4) is 0 Å². The molecule has 1 rings (SSSR count). The van der Waals surface area contributed by atoms with Crippen LogP contribution in [0.1, 0.15) is 19.8 Å². The Bertz CT molecular complexity index is 251. The van der Waals surface area contributed by atoms with E-state index in [1.807, 2.05) is 6.92 Å². The second-order valence-corrected chi connectivity index (χ2v) is 3.49. The molecule has 2 N–H and O–H groups in total. The van der Waals surface area contributed by atoms with E-state index in [0.29, 0.717) is 17.5 Å². The fraction of sp³-hybridized carbons (Fsp3) is 0.571. The summed E-state index contributed by atoms with van der Waals surface area (Å²) >= 11 is 3.15. The number of Topliss-reactive ketones (excluding diaryl/α,β-unsaturated/α-hetero) is 1. The molecule has 0 heterocycles. The molecule has 0 unspecified atom stereocenters. The number of nitrogens with two attached hydrogens (primary N) is 1. The van der Waals surface area contributed by atoms with Crippen molar-refractivity contribution in [2.24, 2.45) is 15.9 Å². The molecule has 0 atom stereocenters. The van der Waals surface area contributed by atoms with Crippen molar-refractivity contribution < 1.29 is 4.79 Å². The average Bonchev–Trinajstić information content (AvgIpc) is 2.00. The van der Waals surface area contributed by atoms with E-state index < -0.39 is 0 Å². The van der Waals surface area contributed by atoms with Gasteiger partial charge in [0.2, 0.25) is 0 Å². The van der Waals surface area contributed by atoms with Gasteiger partial charge in [-0.1, -0.05) is 0 Å². The summed E-state index contributed by atoms with van der Waals surface area (Å²) in [4.78, 5) is 14.8. The van der Waals surface area contributed by atoms with E-state index >= 15 is 0 Å². The number of hydrogen-bond acceptors (Lipinski definition) is 4. The molecule has 1 aliphatic rings. The molecular weight excluding hydrogens is 222 g/mol. The van der Waals surface area contributed by atoms with Crippen LogP contribution in [0.15, 0.2) is 10.1 Å². The smallest absolute Gasteiger partial charge is 0.146 e. The first-order valence-corrected chi connectivity index (χ1v) is 4.42. The number of carbonyl (C=O) groups is 1. The third kappa shape index (κ3) is 2.14. The van der Waals surface area contributed by atoms with Crippen molar-refractivity contribution >= 4 is 32.0 Å². The maximum absolute atomic E-state index is 10.6. The number of ketones is 1. The molecule has 5 heteroatoms. The molecule has 1 saturated carbocycles. The molecule has 0 aliphatic heterocycles. The second kappa shape index (κ2) is 3.80. The SMILES string of the molecule is CC(=NC1CC(=O)C1)/C(Br)=N\N. The monoisotopic (exact) mass is 231 g/mol. The van der Waals surface area contributed by atoms with Gasteiger partial charge in [0.1, 0.15) is 10.4 Å². The van der Waals surface area contributed by atoms with E-state index in [0.717, 1.165) is 5.71 Å². The van der Waals surface area contributed by atoms with E-state index in [4.69, 9.17) is 5.84 Å². The van der Waals surface area contributed by atoms with E-state index in [-0.39, 0.29) is 11.8 Å². The molecule has 12 heavy (non-hydrogen) atoms. The van der Waals surface area contributed by atoms with E-state index in [1.165, 1.54) is 0 Å². The van der Waals surface area contributed by atoms with E-state index in [1.54, 1.807) is 0 Å². The highest BCUT2D eigenvalue weighted by atomic mass is 79.9. The lowest BCUT2D eigenvalue weighted by Crippen LogP contribution is -2.28. The third-order valence-corrected chi connectivity index (χ3v) is 2.49. The summed E-state index contributed by atoms with van der Waals surface area (Å²) in [7, 11) is 0. The summed E-state index contributed by atoms with van der Waals surface area (Å²) in [6, 6.07) is 0.145. The topological polar surface area (TPSA) is 67.8 Å². The first-order valence-electron chi connectivity index (χ1n) is 3.63. The molecule has 0 spiro atoms. The Morgan fingerprint density at radius 3 is 2.67 bits per heavy atom. The number of nitrogens with zero attached hydrogens (tertiary/aromatic N) is 2. The molecule has 0 aromatic carbocycles. The Morgan fingerprint density at radius 2 is 2.25 bits per heavy atom. The summed E-state index contributed by atoms with van der Waals surface area (Å²) in [6.45, 7) is 1.81. The van der Waals surface area contributed by atoms with Crippen LogP contribution in [0.4, 0.5) is 0 Å². The summed E-state index contributed by atoms with van der Waals surface area (Å²) in [5, 5.41) is 3.44. The number of hydrazone groups is 1. The first-order chi connectivity index (χ1) is 5.63. The van der Waals surface area contributed by atoms with Gasteiger partial charge in [0.25, 0.3) is 0 Å². The highest BCUT2D eigenvalue weighted by Gasteiger charge is 2.25. The molecule has 0 saturated heterocycles. The fourth-order valence-corrected chi connectivity index (χ4v) is 1.08. The Morgan fingerprint density at radius 1 is 1.67 bits per heavy atom. The average molecular weight is 232 g/mol.